The Labute approximate surface area is 87.7 Å². The molecule has 0 aromatic carbocycles. The molecule has 1 heterocycles. The fourth-order valence-electron chi connectivity index (χ4n) is 1.01. The monoisotopic (exact) mass is 242 g/mol. The number of nitrogens with two attached hydrogens (primary N) is 1. The molecule has 0 amide bonds. The van der Waals surface area contributed by atoms with Gasteiger partial charge < -0.3 is 5.73 Å². The number of halogens is 1. The second-order valence-corrected chi connectivity index (χ2v) is 5.16. The molecular formula is C10H15BrN2. The van der Waals surface area contributed by atoms with Crippen LogP contribution in [-0.2, 0) is 0 Å². The van der Waals surface area contributed by atoms with Gasteiger partial charge in [-0.2, -0.15) is 0 Å². The minimum Gasteiger partial charge on any atom is -0.322 e. The molecule has 2 N–H and O–H groups in total. The number of aromatic nitrogens is 1. The second-order valence-electron chi connectivity index (χ2n) is 4.24. The zero-order chi connectivity index (χ0) is 10.1. The highest BCUT2D eigenvalue weighted by Gasteiger charge is 2.22. The molecule has 0 aliphatic rings. The fraction of sp³-hybridized carbons (Fsp3) is 0.500. The van der Waals surface area contributed by atoms with Crippen molar-refractivity contribution in [2.75, 3.05) is 0 Å². The summed E-state index contributed by atoms with van der Waals surface area (Å²) in [5, 5.41) is 0. The molecule has 1 aromatic rings. The molecule has 0 fully saturated rings. The second kappa shape index (κ2) is 3.76. The lowest BCUT2D eigenvalue weighted by Crippen LogP contribution is -2.26. The fourth-order valence-corrected chi connectivity index (χ4v) is 1.25. The van der Waals surface area contributed by atoms with E-state index < -0.39 is 0 Å². The van der Waals surface area contributed by atoms with Gasteiger partial charge in [-0.05, 0) is 33.5 Å². The van der Waals surface area contributed by atoms with Crippen molar-refractivity contribution in [2.45, 2.75) is 26.8 Å². The highest BCUT2D eigenvalue weighted by atomic mass is 79.9. The van der Waals surface area contributed by atoms with Crippen molar-refractivity contribution in [1.29, 1.82) is 0 Å². The Morgan fingerprint density at radius 3 is 2.38 bits per heavy atom. The number of pyridine rings is 1. The highest BCUT2D eigenvalue weighted by molar-refractivity contribution is 9.10. The van der Waals surface area contributed by atoms with Crippen LogP contribution in [-0.4, -0.2) is 4.98 Å². The van der Waals surface area contributed by atoms with Crippen LogP contribution in [0.4, 0.5) is 0 Å². The topological polar surface area (TPSA) is 38.9 Å². The zero-order valence-corrected chi connectivity index (χ0v) is 9.80. The lowest BCUT2D eigenvalue weighted by molar-refractivity contribution is 0.321. The van der Waals surface area contributed by atoms with E-state index in [1.165, 1.54) is 0 Å². The van der Waals surface area contributed by atoms with Gasteiger partial charge in [0.1, 0.15) is 0 Å². The Hall–Kier alpha value is -0.410. The van der Waals surface area contributed by atoms with Gasteiger partial charge in [0.25, 0.3) is 0 Å². The lowest BCUT2D eigenvalue weighted by Gasteiger charge is -2.26. The summed E-state index contributed by atoms with van der Waals surface area (Å²) in [6, 6.07) is 3.91. The van der Waals surface area contributed by atoms with Gasteiger partial charge in [-0.15, -0.1) is 0 Å². The molecule has 0 aliphatic carbocycles. The van der Waals surface area contributed by atoms with Crippen molar-refractivity contribution >= 4 is 15.9 Å². The predicted molar refractivity (Wildman–Crippen MR) is 58.3 cm³/mol. The molecule has 13 heavy (non-hydrogen) atoms. The van der Waals surface area contributed by atoms with Gasteiger partial charge >= 0.3 is 0 Å². The van der Waals surface area contributed by atoms with Crippen LogP contribution in [0.5, 0.6) is 0 Å². The van der Waals surface area contributed by atoms with Gasteiger partial charge in [0.2, 0.25) is 0 Å². The molecular weight excluding hydrogens is 228 g/mol. The van der Waals surface area contributed by atoms with Crippen LogP contribution >= 0.6 is 15.9 Å². The Kier molecular flexibility index (Phi) is 3.09. The molecule has 0 radical (unpaired) electrons. The summed E-state index contributed by atoms with van der Waals surface area (Å²) in [7, 11) is 0. The van der Waals surface area contributed by atoms with Crippen molar-refractivity contribution < 1.29 is 0 Å². The molecule has 0 saturated heterocycles. The molecule has 0 unspecified atom stereocenters. The average Bonchev–Trinajstić information content (AvgIpc) is 2.03. The van der Waals surface area contributed by atoms with Gasteiger partial charge in [0.15, 0.2) is 0 Å². The van der Waals surface area contributed by atoms with E-state index in [1.807, 2.05) is 12.1 Å². The molecule has 0 saturated carbocycles. The van der Waals surface area contributed by atoms with E-state index in [0.29, 0.717) is 0 Å². The summed E-state index contributed by atoms with van der Waals surface area (Å²) < 4.78 is 0.984. The third kappa shape index (κ3) is 2.78. The van der Waals surface area contributed by atoms with E-state index in [-0.39, 0.29) is 11.5 Å². The van der Waals surface area contributed by atoms with E-state index in [0.717, 1.165) is 10.2 Å². The first-order valence-electron chi connectivity index (χ1n) is 4.28. The lowest BCUT2D eigenvalue weighted by atomic mass is 9.85. The third-order valence-corrected chi connectivity index (χ3v) is 2.47. The molecule has 2 nitrogen and oxygen atoms in total. The maximum atomic E-state index is 6.04. The van der Waals surface area contributed by atoms with Crippen LogP contribution in [0.2, 0.25) is 0 Å². The standard InChI is InChI=1S/C10H15BrN2/c1-10(2,3)9(12)8-5-4-7(11)6-13-8/h4-6,9H,12H2,1-3H3/t9-/m1/s1. The van der Waals surface area contributed by atoms with Crippen LogP contribution in [0.3, 0.4) is 0 Å². The van der Waals surface area contributed by atoms with E-state index in [9.17, 15) is 0 Å². The van der Waals surface area contributed by atoms with E-state index in [1.54, 1.807) is 6.20 Å². The molecule has 0 bridgehead atoms. The minimum atomic E-state index is -0.0133. The molecule has 3 heteroatoms. The van der Waals surface area contributed by atoms with Gasteiger partial charge in [-0.3, -0.25) is 4.98 Å². The van der Waals surface area contributed by atoms with E-state index >= 15 is 0 Å². The number of hydrogen-bond acceptors (Lipinski definition) is 2. The Morgan fingerprint density at radius 1 is 1.38 bits per heavy atom. The van der Waals surface area contributed by atoms with E-state index in [2.05, 4.69) is 41.7 Å². The normalized spacial score (nSPS) is 14.2. The molecule has 1 aromatic heterocycles. The first-order chi connectivity index (χ1) is 5.91. The highest BCUT2D eigenvalue weighted by Crippen LogP contribution is 2.29. The largest absolute Gasteiger partial charge is 0.322 e. The van der Waals surface area contributed by atoms with Crippen molar-refractivity contribution in [1.82, 2.24) is 4.98 Å². The van der Waals surface area contributed by atoms with Crippen molar-refractivity contribution in [3.63, 3.8) is 0 Å². The summed E-state index contributed by atoms with van der Waals surface area (Å²) >= 11 is 3.34. The van der Waals surface area contributed by atoms with Crippen LogP contribution in [0.15, 0.2) is 22.8 Å². The summed E-state index contributed by atoms with van der Waals surface area (Å²) in [5.41, 5.74) is 7.04. The zero-order valence-electron chi connectivity index (χ0n) is 8.21. The molecule has 0 aliphatic heterocycles. The summed E-state index contributed by atoms with van der Waals surface area (Å²) in [6.45, 7) is 6.34. The minimum absolute atomic E-state index is 0.0133. The van der Waals surface area contributed by atoms with Crippen LogP contribution in [0.25, 0.3) is 0 Å². The molecule has 1 rings (SSSR count). The quantitative estimate of drug-likeness (QED) is 0.823. The van der Waals surface area contributed by atoms with Crippen LogP contribution in [0, 0.1) is 5.41 Å². The maximum Gasteiger partial charge on any atom is 0.0577 e. The predicted octanol–water partition coefficient (Wildman–Crippen LogP) is 2.89. The molecule has 1 atom stereocenters. The first-order valence-corrected chi connectivity index (χ1v) is 5.07. The van der Waals surface area contributed by atoms with Crippen molar-refractivity contribution in [3.8, 4) is 0 Å². The average molecular weight is 243 g/mol. The smallest absolute Gasteiger partial charge is 0.0577 e. The maximum absolute atomic E-state index is 6.04. The Morgan fingerprint density at radius 2 is 2.00 bits per heavy atom. The number of rotatable bonds is 1. The summed E-state index contributed by atoms with van der Waals surface area (Å²) in [4.78, 5) is 4.27. The number of hydrogen-bond donors (Lipinski definition) is 1. The van der Waals surface area contributed by atoms with E-state index in [4.69, 9.17) is 5.73 Å². The number of nitrogens with zero attached hydrogens (tertiary/aromatic N) is 1. The van der Waals surface area contributed by atoms with Gasteiger partial charge in [0, 0.05) is 10.7 Å². The van der Waals surface area contributed by atoms with Gasteiger partial charge in [0.05, 0.1) is 11.7 Å². The summed E-state index contributed by atoms with van der Waals surface area (Å²) in [5.74, 6) is 0. The Balaban J connectivity index is 2.90. The van der Waals surface area contributed by atoms with Crippen molar-refractivity contribution in [3.05, 3.63) is 28.5 Å². The third-order valence-electron chi connectivity index (χ3n) is 2.00. The Bertz CT molecular complexity index is 274. The van der Waals surface area contributed by atoms with Crippen LogP contribution in [0.1, 0.15) is 32.5 Å². The molecule has 72 valence electrons. The summed E-state index contributed by atoms with van der Waals surface area (Å²) in [6.07, 6.45) is 1.78. The SMILES string of the molecule is CC(C)(C)[C@H](N)c1ccc(Br)cn1. The molecule has 0 spiro atoms. The van der Waals surface area contributed by atoms with Crippen molar-refractivity contribution in [2.24, 2.45) is 11.1 Å². The van der Waals surface area contributed by atoms with Gasteiger partial charge in [-0.1, -0.05) is 20.8 Å². The first kappa shape index (κ1) is 10.7. The van der Waals surface area contributed by atoms with Gasteiger partial charge in [-0.25, -0.2) is 0 Å². The van der Waals surface area contributed by atoms with Crippen LogP contribution < -0.4 is 5.73 Å².